The second-order valence-electron chi connectivity index (χ2n) is 6.90. The quantitative estimate of drug-likeness (QED) is 0.825. The molecule has 2 aromatic heterocycles. The Morgan fingerprint density at radius 1 is 1.12 bits per heavy atom. The average molecular weight is 355 g/mol. The molecule has 0 N–H and O–H groups in total. The summed E-state index contributed by atoms with van der Waals surface area (Å²) in [6.07, 6.45) is 11.0. The van der Waals surface area contributed by atoms with E-state index in [9.17, 15) is 0 Å². The monoisotopic (exact) mass is 354 g/mol. The number of nitrogens with zero attached hydrogens (tertiary/aromatic N) is 4. The van der Waals surface area contributed by atoms with Crippen LogP contribution in [0.25, 0.3) is 11.4 Å². The Kier molecular flexibility index (Phi) is 5.20. The van der Waals surface area contributed by atoms with Gasteiger partial charge in [0.2, 0.25) is 0 Å². The van der Waals surface area contributed by atoms with Gasteiger partial charge in [-0.3, -0.25) is 4.98 Å². The molecule has 4 nitrogen and oxygen atoms in total. The summed E-state index contributed by atoms with van der Waals surface area (Å²) in [4.78, 5) is 16.6. The highest BCUT2D eigenvalue weighted by atomic mass is 32.2. The van der Waals surface area contributed by atoms with Crippen molar-refractivity contribution in [2.75, 3.05) is 23.7 Å². The van der Waals surface area contributed by atoms with Crippen LogP contribution in [0.4, 0.5) is 5.82 Å². The second kappa shape index (κ2) is 7.73. The average Bonchev–Trinajstić information content (AvgIpc) is 3.01. The largest absolute Gasteiger partial charge is 0.355 e. The Balaban J connectivity index is 1.71. The Hall–Kier alpha value is -1.62. The minimum Gasteiger partial charge on any atom is -0.355 e. The van der Waals surface area contributed by atoms with Crippen LogP contribution in [0.3, 0.4) is 0 Å². The van der Waals surface area contributed by atoms with Crippen LogP contribution in [0.5, 0.6) is 0 Å². The highest BCUT2D eigenvalue weighted by Crippen LogP contribution is 2.33. The molecule has 5 heteroatoms. The fraction of sp³-hybridized carbons (Fsp3) is 0.550. The summed E-state index contributed by atoms with van der Waals surface area (Å²) < 4.78 is 0. The molecule has 0 bridgehead atoms. The smallest absolute Gasteiger partial charge is 0.161 e. The van der Waals surface area contributed by atoms with Gasteiger partial charge in [-0.2, -0.15) is 11.8 Å². The lowest BCUT2D eigenvalue weighted by Gasteiger charge is -2.27. The number of anilines is 1. The summed E-state index contributed by atoms with van der Waals surface area (Å²) in [5.74, 6) is 3.27. The molecule has 2 aliphatic rings. The predicted molar refractivity (Wildman–Crippen MR) is 105 cm³/mol. The molecular formula is C20H26N4S. The third-order valence-electron chi connectivity index (χ3n) is 5.18. The zero-order valence-electron chi connectivity index (χ0n) is 14.9. The summed E-state index contributed by atoms with van der Waals surface area (Å²) in [5.41, 5.74) is 3.74. The number of aromatic nitrogens is 3. The van der Waals surface area contributed by atoms with E-state index >= 15 is 0 Å². The molecule has 3 heterocycles. The number of hydrogen-bond acceptors (Lipinski definition) is 5. The highest BCUT2D eigenvalue weighted by Gasteiger charge is 2.26. The first-order valence-corrected chi connectivity index (χ1v) is 10.6. The van der Waals surface area contributed by atoms with Crippen LogP contribution < -0.4 is 4.90 Å². The molecule has 0 amide bonds. The van der Waals surface area contributed by atoms with Crippen LogP contribution in [0.2, 0.25) is 0 Å². The maximum absolute atomic E-state index is 5.05. The van der Waals surface area contributed by atoms with E-state index in [-0.39, 0.29) is 0 Å². The maximum atomic E-state index is 5.05. The van der Waals surface area contributed by atoms with Crippen LogP contribution in [0, 0.1) is 0 Å². The van der Waals surface area contributed by atoms with Crippen LogP contribution in [-0.4, -0.2) is 39.0 Å². The number of hydrogen-bond donors (Lipinski definition) is 0. The molecule has 2 aromatic rings. The Bertz CT molecular complexity index is 719. The van der Waals surface area contributed by atoms with Crippen molar-refractivity contribution in [1.82, 2.24) is 15.0 Å². The van der Waals surface area contributed by atoms with Crippen LogP contribution in [0.15, 0.2) is 24.5 Å². The normalized spacial score (nSPS) is 20.4. The van der Waals surface area contributed by atoms with Crippen molar-refractivity contribution >= 4 is 17.6 Å². The SMILES string of the molecule is CCSC1CCCCN(c2nc(-c3ccncc3)nc3c2CCC3)C1. The van der Waals surface area contributed by atoms with Gasteiger partial charge in [-0.25, -0.2) is 9.97 Å². The number of thioether (sulfide) groups is 1. The van der Waals surface area contributed by atoms with Crippen molar-refractivity contribution in [1.29, 1.82) is 0 Å². The number of pyridine rings is 1. The molecule has 1 fully saturated rings. The molecular weight excluding hydrogens is 328 g/mol. The zero-order chi connectivity index (χ0) is 17.1. The predicted octanol–water partition coefficient (Wildman–Crippen LogP) is 4.14. The van der Waals surface area contributed by atoms with E-state index in [2.05, 4.69) is 28.6 Å². The molecule has 1 unspecified atom stereocenters. The van der Waals surface area contributed by atoms with Crippen molar-refractivity contribution in [2.45, 2.75) is 50.7 Å². The lowest BCUT2D eigenvalue weighted by molar-refractivity contribution is 0.735. The molecule has 4 rings (SSSR count). The van der Waals surface area contributed by atoms with Gasteiger partial charge >= 0.3 is 0 Å². The standard InChI is InChI=1S/C20H26N4S/c1-2-25-16-6-3-4-13-24(14-16)20-17-7-5-8-18(17)22-19(23-20)15-9-11-21-12-10-15/h9-12,16H,2-8,13-14H2,1H3. The van der Waals surface area contributed by atoms with Gasteiger partial charge in [0.15, 0.2) is 5.82 Å². The van der Waals surface area contributed by atoms with E-state index in [0.29, 0.717) is 0 Å². The molecule has 25 heavy (non-hydrogen) atoms. The molecule has 1 saturated heterocycles. The van der Waals surface area contributed by atoms with Crippen molar-refractivity contribution in [2.24, 2.45) is 0 Å². The zero-order valence-corrected chi connectivity index (χ0v) is 15.8. The summed E-state index contributed by atoms with van der Waals surface area (Å²) in [5, 5.41) is 0.726. The molecule has 0 radical (unpaired) electrons. The van der Waals surface area contributed by atoms with Crippen LogP contribution in [0.1, 0.15) is 43.9 Å². The van der Waals surface area contributed by atoms with Gasteiger partial charge in [0.25, 0.3) is 0 Å². The highest BCUT2D eigenvalue weighted by molar-refractivity contribution is 7.99. The van der Waals surface area contributed by atoms with Crippen LogP contribution >= 0.6 is 11.8 Å². The first-order valence-electron chi connectivity index (χ1n) is 9.52. The van der Waals surface area contributed by atoms with Gasteiger partial charge < -0.3 is 4.90 Å². The molecule has 1 aliphatic carbocycles. The second-order valence-corrected chi connectivity index (χ2v) is 8.48. The first kappa shape index (κ1) is 16.8. The molecule has 1 atom stereocenters. The van der Waals surface area contributed by atoms with E-state index in [1.807, 2.05) is 24.5 Å². The minimum absolute atomic E-state index is 0.726. The van der Waals surface area contributed by atoms with E-state index in [0.717, 1.165) is 42.6 Å². The lowest BCUT2D eigenvalue weighted by Crippen LogP contribution is -2.31. The fourth-order valence-electron chi connectivity index (χ4n) is 3.97. The van der Waals surface area contributed by atoms with Crippen molar-refractivity contribution in [3.05, 3.63) is 35.8 Å². The first-order chi connectivity index (χ1) is 12.3. The van der Waals surface area contributed by atoms with Gasteiger partial charge in [-0.1, -0.05) is 13.3 Å². The van der Waals surface area contributed by atoms with Gasteiger partial charge in [0, 0.05) is 47.6 Å². The minimum atomic E-state index is 0.726. The summed E-state index contributed by atoms with van der Waals surface area (Å²) in [6, 6.07) is 4.03. The van der Waals surface area contributed by atoms with E-state index in [1.54, 1.807) is 0 Å². The fourth-order valence-corrected chi connectivity index (χ4v) is 5.06. The summed E-state index contributed by atoms with van der Waals surface area (Å²) >= 11 is 2.10. The Morgan fingerprint density at radius 3 is 2.84 bits per heavy atom. The third-order valence-corrected chi connectivity index (χ3v) is 6.37. The molecule has 0 spiro atoms. The van der Waals surface area contributed by atoms with Crippen LogP contribution in [-0.2, 0) is 12.8 Å². The maximum Gasteiger partial charge on any atom is 0.161 e. The van der Waals surface area contributed by atoms with Gasteiger partial charge in [0.05, 0.1) is 0 Å². The third kappa shape index (κ3) is 3.66. The van der Waals surface area contributed by atoms with Gasteiger partial charge in [-0.05, 0) is 50.0 Å². The van der Waals surface area contributed by atoms with E-state index in [1.165, 1.54) is 48.5 Å². The molecule has 0 saturated carbocycles. The molecule has 132 valence electrons. The van der Waals surface area contributed by atoms with E-state index in [4.69, 9.17) is 9.97 Å². The van der Waals surface area contributed by atoms with Crippen molar-refractivity contribution < 1.29 is 0 Å². The summed E-state index contributed by atoms with van der Waals surface area (Å²) in [6.45, 7) is 4.52. The lowest BCUT2D eigenvalue weighted by atomic mass is 10.2. The van der Waals surface area contributed by atoms with Gasteiger partial charge in [0.1, 0.15) is 5.82 Å². The summed E-state index contributed by atoms with van der Waals surface area (Å²) in [7, 11) is 0. The molecule has 1 aliphatic heterocycles. The number of fused-ring (bicyclic) bond motifs is 1. The Morgan fingerprint density at radius 2 is 2.00 bits per heavy atom. The van der Waals surface area contributed by atoms with Crippen molar-refractivity contribution in [3.8, 4) is 11.4 Å². The van der Waals surface area contributed by atoms with Crippen molar-refractivity contribution in [3.63, 3.8) is 0 Å². The topological polar surface area (TPSA) is 41.9 Å². The number of aryl methyl sites for hydroxylation is 1. The molecule has 0 aromatic carbocycles. The van der Waals surface area contributed by atoms with Gasteiger partial charge in [-0.15, -0.1) is 0 Å². The number of rotatable bonds is 4. The van der Waals surface area contributed by atoms with E-state index < -0.39 is 0 Å². The Labute approximate surface area is 154 Å².